The summed E-state index contributed by atoms with van der Waals surface area (Å²) in [4.78, 5) is 53.6. The molecule has 0 bridgehead atoms. The van der Waals surface area contributed by atoms with Crippen LogP contribution in [-0.4, -0.2) is 43.8 Å². The molecule has 0 radical (unpaired) electrons. The summed E-state index contributed by atoms with van der Waals surface area (Å²) in [7, 11) is 0. The van der Waals surface area contributed by atoms with Gasteiger partial charge in [-0.25, -0.2) is 4.98 Å². The lowest BCUT2D eigenvalue weighted by molar-refractivity contribution is 0.0633. The number of amides is 1. The minimum absolute atomic E-state index is 0.117. The Labute approximate surface area is 172 Å². The molecule has 3 aromatic rings. The standard InChI is InChI=1S/C22H21N5O3/c28-17-11-14(5-9-24-17)21(30)27-10-2-6-22(13-27)7-4-16-18(22)25-19(26-20(16)29)15-3-1-8-23-12-15/h1,3,5,8-9,11-12H,2,4,6-7,10,13H2,(H,24,28)(H,25,26,29). The number of hydrogen-bond acceptors (Lipinski definition) is 5. The van der Waals surface area contributed by atoms with Gasteiger partial charge in [0.2, 0.25) is 5.56 Å². The van der Waals surface area contributed by atoms with E-state index in [2.05, 4.69) is 15.0 Å². The van der Waals surface area contributed by atoms with Crippen LogP contribution in [0.5, 0.6) is 0 Å². The second-order valence-electron chi connectivity index (χ2n) is 8.04. The second kappa shape index (κ2) is 7.05. The van der Waals surface area contributed by atoms with Crippen molar-refractivity contribution in [2.45, 2.75) is 31.1 Å². The van der Waals surface area contributed by atoms with Crippen molar-refractivity contribution in [1.82, 2.24) is 24.8 Å². The van der Waals surface area contributed by atoms with Crippen LogP contribution < -0.4 is 11.1 Å². The van der Waals surface area contributed by atoms with Crippen molar-refractivity contribution in [2.75, 3.05) is 13.1 Å². The zero-order valence-corrected chi connectivity index (χ0v) is 16.4. The maximum absolute atomic E-state index is 13.0. The second-order valence-corrected chi connectivity index (χ2v) is 8.04. The summed E-state index contributed by atoms with van der Waals surface area (Å²) in [6, 6.07) is 6.62. The zero-order chi connectivity index (χ0) is 20.7. The fraction of sp³-hybridized carbons (Fsp3) is 0.318. The van der Waals surface area contributed by atoms with Gasteiger partial charge in [0.25, 0.3) is 11.5 Å². The van der Waals surface area contributed by atoms with Crippen LogP contribution in [0, 0.1) is 0 Å². The molecule has 30 heavy (non-hydrogen) atoms. The molecule has 0 saturated carbocycles. The van der Waals surface area contributed by atoms with Crippen LogP contribution in [0.3, 0.4) is 0 Å². The van der Waals surface area contributed by atoms with E-state index in [9.17, 15) is 14.4 Å². The highest BCUT2D eigenvalue weighted by atomic mass is 16.2. The molecule has 1 atom stereocenters. The highest BCUT2D eigenvalue weighted by molar-refractivity contribution is 5.94. The Bertz CT molecular complexity index is 1230. The highest BCUT2D eigenvalue weighted by Gasteiger charge is 2.45. The summed E-state index contributed by atoms with van der Waals surface area (Å²) in [6.45, 7) is 1.12. The molecule has 3 aromatic heterocycles. The molecular weight excluding hydrogens is 382 g/mol. The van der Waals surface area contributed by atoms with E-state index in [0.29, 0.717) is 36.5 Å². The molecular formula is C22H21N5O3. The molecule has 8 heteroatoms. The van der Waals surface area contributed by atoms with Gasteiger partial charge in [0.1, 0.15) is 5.82 Å². The third kappa shape index (κ3) is 3.04. The first-order chi connectivity index (χ1) is 14.6. The normalized spacial score (nSPS) is 20.3. The first-order valence-corrected chi connectivity index (χ1v) is 10.1. The number of piperidine rings is 1. The molecule has 1 aliphatic carbocycles. The number of pyridine rings is 2. The van der Waals surface area contributed by atoms with Gasteiger partial charge in [-0.15, -0.1) is 0 Å². The summed E-state index contributed by atoms with van der Waals surface area (Å²) < 4.78 is 0. The lowest BCUT2D eigenvalue weighted by Gasteiger charge is -2.40. The van der Waals surface area contributed by atoms with E-state index in [0.717, 1.165) is 30.5 Å². The quantitative estimate of drug-likeness (QED) is 0.676. The fourth-order valence-electron chi connectivity index (χ4n) is 4.75. The molecule has 1 aliphatic heterocycles. The van der Waals surface area contributed by atoms with Gasteiger partial charge in [-0.2, -0.15) is 0 Å². The Morgan fingerprint density at radius 3 is 2.90 bits per heavy atom. The molecule has 2 aliphatic rings. The number of carbonyl (C=O) groups is 1. The van der Waals surface area contributed by atoms with Crippen LogP contribution in [0.2, 0.25) is 0 Å². The molecule has 2 N–H and O–H groups in total. The third-order valence-corrected chi connectivity index (χ3v) is 6.19. The average molecular weight is 403 g/mol. The van der Waals surface area contributed by atoms with Gasteiger partial charge in [0, 0.05) is 59.9 Å². The van der Waals surface area contributed by atoms with Crippen LogP contribution in [0.25, 0.3) is 11.4 Å². The predicted molar refractivity (Wildman–Crippen MR) is 110 cm³/mol. The minimum atomic E-state index is -0.338. The van der Waals surface area contributed by atoms with Gasteiger partial charge in [-0.3, -0.25) is 19.4 Å². The number of carbonyl (C=O) groups excluding carboxylic acids is 1. The van der Waals surface area contributed by atoms with Crippen molar-refractivity contribution in [3.05, 3.63) is 80.4 Å². The number of hydrogen-bond donors (Lipinski definition) is 2. The van der Waals surface area contributed by atoms with Crippen molar-refractivity contribution in [3.63, 3.8) is 0 Å². The van der Waals surface area contributed by atoms with E-state index < -0.39 is 0 Å². The fourth-order valence-corrected chi connectivity index (χ4v) is 4.75. The molecule has 0 aromatic carbocycles. The summed E-state index contributed by atoms with van der Waals surface area (Å²) in [6.07, 6.45) is 7.98. The number of fused-ring (bicyclic) bond motifs is 2. The summed E-state index contributed by atoms with van der Waals surface area (Å²) in [5.74, 6) is 0.345. The van der Waals surface area contributed by atoms with Crippen LogP contribution >= 0.6 is 0 Å². The van der Waals surface area contributed by atoms with Crippen LogP contribution in [0.15, 0.2) is 52.4 Å². The molecule has 1 unspecified atom stereocenters. The number of aromatic amines is 2. The molecule has 152 valence electrons. The molecule has 1 fully saturated rings. The molecule has 1 saturated heterocycles. The largest absolute Gasteiger partial charge is 0.338 e. The van der Waals surface area contributed by atoms with Gasteiger partial charge < -0.3 is 14.9 Å². The Kier molecular flexibility index (Phi) is 4.34. The molecule has 8 nitrogen and oxygen atoms in total. The molecule has 4 heterocycles. The maximum atomic E-state index is 13.0. The number of rotatable bonds is 2. The Morgan fingerprint density at radius 1 is 1.20 bits per heavy atom. The van der Waals surface area contributed by atoms with Gasteiger partial charge in [-0.05, 0) is 43.9 Å². The number of likely N-dealkylation sites (tertiary alicyclic amines) is 1. The smallest absolute Gasteiger partial charge is 0.254 e. The Balaban J connectivity index is 1.52. The van der Waals surface area contributed by atoms with Crippen molar-refractivity contribution >= 4 is 5.91 Å². The highest BCUT2D eigenvalue weighted by Crippen LogP contribution is 2.43. The zero-order valence-electron chi connectivity index (χ0n) is 16.4. The summed E-state index contributed by atoms with van der Waals surface area (Å²) in [5.41, 5.74) is 1.90. The molecule has 5 rings (SSSR count). The topological polar surface area (TPSA) is 112 Å². The van der Waals surface area contributed by atoms with E-state index in [1.807, 2.05) is 6.07 Å². The third-order valence-electron chi connectivity index (χ3n) is 6.19. The summed E-state index contributed by atoms with van der Waals surface area (Å²) >= 11 is 0. The Morgan fingerprint density at radius 2 is 2.10 bits per heavy atom. The maximum Gasteiger partial charge on any atom is 0.254 e. The van der Waals surface area contributed by atoms with Crippen molar-refractivity contribution < 1.29 is 4.79 Å². The number of nitrogens with one attached hydrogen (secondary N) is 2. The first kappa shape index (κ1) is 18.5. The van der Waals surface area contributed by atoms with Crippen molar-refractivity contribution in [2.24, 2.45) is 0 Å². The van der Waals surface area contributed by atoms with Crippen LogP contribution in [0.4, 0.5) is 0 Å². The van der Waals surface area contributed by atoms with Gasteiger partial charge in [0.15, 0.2) is 0 Å². The van der Waals surface area contributed by atoms with Crippen LogP contribution in [0.1, 0.15) is 40.9 Å². The Hall–Kier alpha value is -3.55. The lowest BCUT2D eigenvalue weighted by Crippen LogP contribution is -2.48. The number of aromatic nitrogens is 4. The van der Waals surface area contributed by atoms with Gasteiger partial charge >= 0.3 is 0 Å². The van der Waals surface area contributed by atoms with Crippen molar-refractivity contribution in [3.8, 4) is 11.4 Å². The number of nitrogens with zero attached hydrogens (tertiary/aromatic N) is 3. The molecule has 1 spiro atoms. The van der Waals surface area contributed by atoms with E-state index in [1.165, 1.54) is 12.3 Å². The van der Waals surface area contributed by atoms with Crippen LogP contribution in [-0.2, 0) is 11.8 Å². The predicted octanol–water partition coefficient (Wildman–Crippen LogP) is 1.64. The monoisotopic (exact) mass is 403 g/mol. The van der Waals surface area contributed by atoms with E-state index >= 15 is 0 Å². The SMILES string of the molecule is O=C(c1cc[nH]c(=O)c1)N1CCCC2(CCc3c2nc(-c2cccnc2)[nH]c3=O)C1. The number of H-pyrrole nitrogens is 2. The van der Waals surface area contributed by atoms with Crippen molar-refractivity contribution in [1.29, 1.82) is 0 Å². The first-order valence-electron chi connectivity index (χ1n) is 10.1. The van der Waals surface area contributed by atoms with E-state index in [4.69, 9.17) is 4.98 Å². The van der Waals surface area contributed by atoms with Gasteiger partial charge in [0.05, 0.1) is 5.69 Å². The summed E-state index contributed by atoms with van der Waals surface area (Å²) in [5, 5.41) is 0. The van der Waals surface area contributed by atoms with E-state index in [-0.39, 0.29) is 22.4 Å². The average Bonchev–Trinajstić information content (AvgIpc) is 3.12. The van der Waals surface area contributed by atoms with Gasteiger partial charge in [-0.1, -0.05) is 0 Å². The lowest BCUT2D eigenvalue weighted by atomic mass is 9.77. The van der Waals surface area contributed by atoms with E-state index in [1.54, 1.807) is 29.4 Å². The minimum Gasteiger partial charge on any atom is -0.338 e. The molecule has 1 amide bonds.